The Kier molecular flexibility index (Phi) is 8.83. The number of unbranched alkanes of at least 4 members (excludes halogenated alkanes) is 1. The fourth-order valence-corrected chi connectivity index (χ4v) is 2.55. The van der Waals surface area contributed by atoms with Gasteiger partial charge in [0.2, 0.25) is 0 Å². The lowest BCUT2D eigenvalue weighted by Crippen LogP contribution is -2.38. The smallest absolute Gasteiger partial charge is 0.115 e. The van der Waals surface area contributed by atoms with E-state index in [4.69, 9.17) is 0 Å². The molecule has 0 saturated carbocycles. The third-order valence-corrected chi connectivity index (χ3v) is 4.17. The van der Waals surface area contributed by atoms with Gasteiger partial charge < -0.3 is 10.0 Å². The summed E-state index contributed by atoms with van der Waals surface area (Å²) in [6, 6.07) is 16.3. The molecule has 1 heterocycles. The lowest BCUT2D eigenvalue weighted by atomic mass is 9.91. The molecular weight excluding hydrogens is 306 g/mol. The van der Waals surface area contributed by atoms with Crippen molar-refractivity contribution in [2.45, 2.75) is 59.9 Å². The molecule has 0 bridgehead atoms. The van der Waals surface area contributed by atoms with Crippen molar-refractivity contribution >= 4 is 5.69 Å². The van der Waals surface area contributed by atoms with E-state index in [2.05, 4.69) is 56.5 Å². The maximum atomic E-state index is 9.36. The molecule has 0 aliphatic carbocycles. The molecule has 25 heavy (non-hydrogen) atoms. The van der Waals surface area contributed by atoms with Gasteiger partial charge >= 0.3 is 0 Å². The van der Waals surface area contributed by atoms with Crippen molar-refractivity contribution in [3.05, 3.63) is 71.9 Å². The number of phenolic OH excluding ortho intramolecular Hbond substituents is 1. The van der Waals surface area contributed by atoms with Crippen LogP contribution in [0.15, 0.2) is 60.8 Å². The zero-order chi connectivity index (χ0) is 18.8. The van der Waals surface area contributed by atoms with Crippen molar-refractivity contribution in [2.24, 2.45) is 0 Å². The highest BCUT2D eigenvalue weighted by molar-refractivity contribution is 5.59. The van der Waals surface area contributed by atoms with Crippen LogP contribution in [-0.4, -0.2) is 5.11 Å². The minimum Gasteiger partial charge on any atom is -0.508 e. The van der Waals surface area contributed by atoms with Gasteiger partial charge in [-0.2, -0.15) is 0 Å². The van der Waals surface area contributed by atoms with Crippen molar-refractivity contribution in [1.82, 2.24) is 0 Å². The molecule has 0 radical (unpaired) electrons. The number of rotatable bonds is 3. The van der Waals surface area contributed by atoms with Gasteiger partial charge in [-0.3, -0.25) is 0 Å². The maximum Gasteiger partial charge on any atom is 0.115 e. The largest absolute Gasteiger partial charge is 0.508 e. The maximum absolute atomic E-state index is 9.36. The van der Waals surface area contributed by atoms with E-state index in [1.54, 1.807) is 12.1 Å². The molecule has 1 N–H and O–H groups in total. The van der Waals surface area contributed by atoms with Gasteiger partial charge in [-0.25, -0.2) is 0 Å². The average Bonchev–Trinajstić information content (AvgIpc) is 2.64. The minimum absolute atomic E-state index is 0.309. The monoisotopic (exact) mass is 339 g/mol. The molecular formula is C23H33NO. The first-order valence-corrected chi connectivity index (χ1v) is 9.39. The summed E-state index contributed by atoms with van der Waals surface area (Å²) in [5.41, 5.74) is 4.80. The summed E-state index contributed by atoms with van der Waals surface area (Å²) in [5.74, 6) is 0.309. The molecule has 2 nitrogen and oxygen atoms in total. The first-order valence-electron chi connectivity index (χ1n) is 9.39. The van der Waals surface area contributed by atoms with Crippen LogP contribution in [0.3, 0.4) is 0 Å². The number of nitrogens with zero attached hydrogens (tertiary/aromatic N) is 1. The highest BCUT2D eigenvalue weighted by atomic mass is 16.3. The van der Waals surface area contributed by atoms with Crippen molar-refractivity contribution in [1.29, 1.82) is 0 Å². The highest BCUT2D eigenvalue weighted by Gasteiger charge is 2.33. The quantitative estimate of drug-likeness (QED) is 0.651. The summed E-state index contributed by atoms with van der Waals surface area (Å²) >= 11 is 0. The number of phenols is 1. The number of anilines is 1. The zero-order valence-electron chi connectivity index (χ0n) is 16.4. The van der Waals surface area contributed by atoms with E-state index in [0.29, 0.717) is 11.8 Å². The molecule has 0 amide bonds. The fourth-order valence-electron chi connectivity index (χ4n) is 2.55. The van der Waals surface area contributed by atoms with Gasteiger partial charge in [-0.15, -0.1) is 0 Å². The lowest BCUT2D eigenvalue weighted by molar-refractivity contribution is 0.474. The Morgan fingerprint density at radius 1 is 0.960 bits per heavy atom. The predicted octanol–water partition coefficient (Wildman–Crippen LogP) is 7.00. The molecule has 136 valence electrons. The van der Waals surface area contributed by atoms with Crippen LogP contribution in [0, 0.1) is 6.92 Å². The summed E-state index contributed by atoms with van der Waals surface area (Å²) in [7, 11) is 0. The topological polar surface area (TPSA) is 23.5 Å². The van der Waals surface area contributed by atoms with Crippen LogP contribution in [0.5, 0.6) is 5.75 Å². The highest BCUT2D eigenvalue weighted by Crippen LogP contribution is 2.44. The van der Waals surface area contributed by atoms with Crippen LogP contribution < -0.4 is 4.90 Å². The fraction of sp³-hybridized carbons (Fsp3) is 0.391. The van der Waals surface area contributed by atoms with Gasteiger partial charge in [0.25, 0.3) is 0 Å². The molecule has 1 atom stereocenters. The van der Waals surface area contributed by atoms with Crippen LogP contribution >= 0.6 is 0 Å². The van der Waals surface area contributed by atoms with E-state index < -0.39 is 0 Å². The Balaban J connectivity index is 0.000000461. The number of benzene rings is 2. The third-order valence-electron chi connectivity index (χ3n) is 4.17. The van der Waals surface area contributed by atoms with E-state index in [9.17, 15) is 5.11 Å². The average molecular weight is 340 g/mol. The minimum atomic E-state index is 0.309. The Hall–Kier alpha value is -2.22. The molecule has 2 aromatic carbocycles. The first-order chi connectivity index (χ1) is 12.1. The second-order valence-corrected chi connectivity index (χ2v) is 6.08. The predicted molar refractivity (Wildman–Crippen MR) is 110 cm³/mol. The Bertz CT molecular complexity index is 626. The van der Waals surface area contributed by atoms with Gasteiger partial charge in [-0.05, 0) is 36.8 Å². The van der Waals surface area contributed by atoms with Crippen LogP contribution in [0.1, 0.15) is 64.1 Å². The van der Waals surface area contributed by atoms with Crippen molar-refractivity contribution in [3.8, 4) is 5.75 Å². The Labute approximate surface area is 153 Å². The van der Waals surface area contributed by atoms with Gasteiger partial charge in [0.1, 0.15) is 5.75 Å². The summed E-state index contributed by atoms with van der Waals surface area (Å²) in [6.07, 6.45) is 3.61. The van der Waals surface area contributed by atoms with Gasteiger partial charge in [0.15, 0.2) is 0 Å². The van der Waals surface area contributed by atoms with Gasteiger partial charge in [0, 0.05) is 17.8 Å². The van der Waals surface area contributed by atoms with Crippen molar-refractivity contribution in [3.63, 3.8) is 0 Å². The molecule has 2 aromatic rings. The molecule has 3 rings (SSSR count). The molecule has 1 fully saturated rings. The van der Waals surface area contributed by atoms with Gasteiger partial charge in [0.05, 0.1) is 6.04 Å². The Morgan fingerprint density at radius 3 is 1.92 bits per heavy atom. The zero-order valence-corrected chi connectivity index (χ0v) is 16.4. The number of hydrogen-bond donors (Lipinski definition) is 1. The summed E-state index contributed by atoms with van der Waals surface area (Å²) in [4.78, 5) is 2.26. The number of aryl methyl sites for hydroxylation is 1. The normalized spacial score (nSPS) is 15.3. The molecule has 1 aliphatic heterocycles. The van der Waals surface area contributed by atoms with E-state index in [1.165, 1.54) is 29.7 Å². The van der Waals surface area contributed by atoms with Crippen molar-refractivity contribution in [2.75, 3.05) is 4.90 Å². The summed E-state index contributed by atoms with van der Waals surface area (Å²) in [5, 5.41) is 9.36. The SMILES string of the molecule is C=C1CC(c2ccc(O)cc2)N1c1ccc(C)cc1.CC.CCCC. The number of hydrogen-bond acceptors (Lipinski definition) is 2. The first kappa shape index (κ1) is 20.8. The third kappa shape index (κ3) is 5.67. The molecule has 1 saturated heterocycles. The summed E-state index contributed by atoms with van der Waals surface area (Å²) in [6.45, 7) is 14.6. The standard InChI is InChI=1S/C17H17NO.C4H10.C2H6/c1-12-3-7-15(8-4-12)18-13(2)11-17(18)14-5-9-16(19)10-6-14;1-3-4-2;1-2/h3-10,17,19H,2,11H2,1H3;3-4H2,1-2H3;1-2H3. The van der Waals surface area contributed by atoms with Gasteiger partial charge in [-0.1, -0.05) is 76.9 Å². The van der Waals surface area contributed by atoms with E-state index >= 15 is 0 Å². The number of aromatic hydroxyl groups is 1. The van der Waals surface area contributed by atoms with Crippen LogP contribution in [0.25, 0.3) is 0 Å². The van der Waals surface area contributed by atoms with Crippen molar-refractivity contribution < 1.29 is 5.11 Å². The van der Waals surface area contributed by atoms with Crippen LogP contribution in [-0.2, 0) is 0 Å². The lowest BCUT2D eigenvalue weighted by Gasteiger charge is -2.45. The van der Waals surface area contributed by atoms with Crippen LogP contribution in [0.2, 0.25) is 0 Å². The second-order valence-electron chi connectivity index (χ2n) is 6.08. The molecule has 0 spiro atoms. The second kappa shape index (κ2) is 10.6. The Morgan fingerprint density at radius 2 is 1.48 bits per heavy atom. The molecule has 1 unspecified atom stereocenters. The van der Waals surface area contributed by atoms with Crippen LogP contribution in [0.4, 0.5) is 5.69 Å². The summed E-state index contributed by atoms with van der Waals surface area (Å²) < 4.78 is 0. The van der Waals surface area contributed by atoms with E-state index in [0.717, 1.165) is 12.1 Å². The van der Waals surface area contributed by atoms with E-state index in [-0.39, 0.29) is 0 Å². The molecule has 2 heteroatoms. The molecule has 0 aromatic heterocycles. The van der Waals surface area contributed by atoms with E-state index in [1.807, 2.05) is 26.0 Å². The molecule has 1 aliphatic rings.